The van der Waals surface area contributed by atoms with Crippen molar-refractivity contribution in [3.05, 3.63) is 0 Å². The second-order valence-electron chi connectivity index (χ2n) is 4.53. The van der Waals surface area contributed by atoms with Crippen LogP contribution < -0.4 is 5.32 Å². The van der Waals surface area contributed by atoms with Crippen LogP contribution in [-0.2, 0) is 14.6 Å². The summed E-state index contributed by atoms with van der Waals surface area (Å²) in [5.41, 5.74) is 0. The maximum Gasteiger partial charge on any atom is 0.224 e. The second kappa shape index (κ2) is 6.96. The Morgan fingerprint density at radius 1 is 1.24 bits per heavy atom. The molecule has 6 heteroatoms. The third kappa shape index (κ3) is 5.50. The fourth-order valence-electron chi connectivity index (χ4n) is 1.95. The summed E-state index contributed by atoms with van der Waals surface area (Å²) in [4.78, 5) is 11.6. The molecule has 1 aliphatic heterocycles. The van der Waals surface area contributed by atoms with Crippen molar-refractivity contribution in [1.29, 1.82) is 0 Å². The molecular formula is C11H21NO4S. The predicted molar refractivity (Wildman–Crippen MR) is 65.3 cm³/mol. The monoisotopic (exact) mass is 263 g/mol. The molecule has 17 heavy (non-hydrogen) atoms. The molecule has 1 saturated heterocycles. The molecule has 0 bridgehead atoms. The maximum absolute atomic E-state index is 11.6. The van der Waals surface area contributed by atoms with Crippen LogP contribution in [-0.4, -0.2) is 44.1 Å². The van der Waals surface area contributed by atoms with Gasteiger partial charge >= 0.3 is 0 Å². The van der Waals surface area contributed by atoms with Crippen LogP contribution in [0.5, 0.6) is 0 Å². The fraction of sp³-hybridized carbons (Fsp3) is 0.909. The van der Waals surface area contributed by atoms with Gasteiger partial charge in [0.1, 0.15) is 0 Å². The first-order valence-electron chi connectivity index (χ1n) is 6.14. The molecule has 1 amide bonds. The molecule has 1 atom stereocenters. The highest BCUT2D eigenvalue weighted by molar-refractivity contribution is 7.91. The van der Waals surface area contributed by atoms with Crippen LogP contribution in [0.15, 0.2) is 0 Å². The quantitative estimate of drug-likeness (QED) is 0.638. The van der Waals surface area contributed by atoms with E-state index in [-0.39, 0.29) is 29.9 Å². The van der Waals surface area contributed by atoms with E-state index in [2.05, 4.69) is 5.32 Å². The minimum Gasteiger partial charge on any atom is -0.396 e. The van der Waals surface area contributed by atoms with Gasteiger partial charge < -0.3 is 10.4 Å². The number of sulfone groups is 1. The van der Waals surface area contributed by atoms with Gasteiger partial charge in [-0.05, 0) is 19.3 Å². The summed E-state index contributed by atoms with van der Waals surface area (Å²) in [6.07, 6.45) is 4.08. The SMILES string of the molecule is O=C(NCCCCCCO)C1CCS(=O)(=O)C1. The highest BCUT2D eigenvalue weighted by Crippen LogP contribution is 2.18. The molecule has 0 aliphatic carbocycles. The van der Waals surface area contributed by atoms with Gasteiger partial charge in [0.15, 0.2) is 9.84 Å². The van der Waals surface area contributed by atoms with E-state index in [1.54, 1.807) is 0 Å². The van der Waals surface area contributed by atoms with Gasteiger partial charge in [-0.3, -0.25) is 4.79 Å². The van der Waals surface area contributed by atoms with Crippen LogP contribution >= 0.6 is 0 Å². The van der Waals surface area contributed by atoms with E-state index in [1.807, 2.05) is 0 Å². The minimum atomic E-state index is -2.97. The molecule has 0 spiro atoms. The Bertz CT molecular complexity index is 339. The summed E-state index contributed by atoms with van der Waals surface area (Å²) in [6.45, 7) is 0.813. The topological polar surface area (TPSA) is 83.5 Å². The lowest BCUT2D eigenvalue weighted by molar-refractivity contribution is -0.124. The molecule has 5 nitrogen and oxygen atoms in total. The van der Waals surface area contributed by atoms with Crippen LogP contribution in [0.3, 0.4) is 0 Å². The summed E-state index contributed by atoms with van der Waals surface area (Å²) in [5.74, 6) is -0.337. The van der Waals surface area contributed by atoms with Crippen molar-refractivity contribution < 1.29 is 18.3 Å². The molecule has 1 rings (SSSR count). The van der Waals surface area contributed by atoms with Gasteiger partial charge in [0, 0.05) is 13.2 Å². The van der Waals surface area contributed by atoms with E-state index in [0.29, 0.717) is 13.0 Å². The van der Waals surface area contributed by atoms with Crippen molar-refractivity contribution >= 4 is 15.7 Å². The lowest BCUT2D eigenvalue weighted by Crippen LogP contribution is -2.32. The number of nitrogens with one attached hydrogen (secondary N) is 1. The molecule has 100 valence electrons. The standard InChI is InChI=1S/C11H21NO4S/c13-7-4-2-1-3-6-12-11(14)10-5-8-17(15,16)9-10/h10,13H,1-9H2,(H,12,14). The average Bonchev–Trinajstić information content (AvgIpc) is 2.64. The number of rotatable bonds is 7. The number of carbonyl (C=O) groups is 1. The molecule has 2 N–H and O–H groups in total. The molecule has 1 heterocycles. The zero-order chi connectivity index (χ0) is 12.7. The Hall–Kier alpha value is -0.620. The van der Waals surface area contributed by atoms with Gasteiger partial charge in [0.2, 0.25) is 5.91 Å². The van der Waals surface area contributed by atoms with Crippen LogP contribution in [0, 0.1) is 5.92 Å². The summed E-state index contributed by atoms with van der Waals surface area (Å²) in [5, 5.41) is 11.4. The highest BCUT2D eigenvalue weighted by atomic mass is 32.2. The number of hydrogen-bond acceptors (Lipinski definition) is 4. The van der Waals surface area contributed by atoms with Gasteiger partial charge in [0.05, 0.1) is 17.4 Å². The molecule has 1 unspecified atom stereocenters. The summed E-state index contributed by atoms with van der Waals surface area (Å²) >= 11 is 0. The Labute approximate surface area is 103 Å². The second-order valence-corrected chi connectivity index (χ2v) is 6.76. The van der Waals surface area contributed by atoms with E-state index in [4.69, 9.17) is 5.11 Å². The van der Waals surface area contributed by atoms with Gasteiger partial charge in [-0.25, -0.2) is 8.42 Å². The zero-order valence-corrected chi connectivity index (χ0v) is 10.8. The van der Waals surface area contributed by atoms with E-state index in [9.17, 15) is 13.2 Å². The van der Waals surface area contributed by atoms with Crippen molar-refractivity contribution in [3.63, 3.8) is 0 Å². The molecule has 1 fully saturated rings. The van der Waals surface area contributed by atoms with Crippen LogP contribution in [0.4, 0.5) is 0 Å². The van der Waals surface area contributed by atoms with Gasteiger partial charge in [-0.2, -0.15) is 0 Å². The summed E-state index contributed by atoms with van der Waals surface area (Å²) in [6, 6.07) is 0. The van der Waals surface area contributed by atoms with Crippen molar-refractivity contribution in [2.75, 3.05) is 24.7 Å². The smallest absolute Gasteiger partial charge is 0.224 e. The van der Waals surface area contributed by atoms with Crippen molar-refractivity contribution in [3.8, 4) is 0 Å². The lowest BCUT2D eigenvalue weighted by Gasteiger charge is -2.08. The molecule has 0 aromatic rings. The Kier molecular flexibility index (Phi) is 5.91. The van der Waals surface area contributed by atoms with Crippen molar-refractivity contribution in [2.24, 2.45) is 5.92 Å². The fourth-order valence-corrected chi connectivity index (χ4v) is 3.69. The zero-order valence-electron chi connectivity index (χ0n) is 10.0. The average molecular weight is 263 g/mol. The molecule has 0 radical (unpaired) electrons. The van der Waals surface area contributed by atoms with Crippen LogP contribution in [0.1, 0.15) is 32.1 Å². The number of amides is 1. The lowest BCUT2D eigenvalue weighted by atomic mass is 10.1. The van der Waals surface area contributed by atoms with E-state index >= 15 is 0 Å². The van der Waals surface area contributed by atoms with Crippen molar-refractivity contribution in [1.82, 2.24) is 5.32 Å². The number of aliphatic hydroxyl groups excluding tert-OH is 1. The maximum atomic E-state index is 11.6. The van der Waals surface area contributed by atoms with Gasteiger partial charge in [0.25, 0.3) is 0 Å². The third-order valence-electron chi connectivity index (χ3n) is 2.99. The highest BCUT2D eigenvalue weighted by Gasteiger charge is 2.32. The molecular weight excluding hydrogens is 242 g/mol. The molecule has 0 aromatic heterocycles. The van der Waals surface area contributed by atoms with E-state index < -0.39 is 9.84 Å². The summed E-state index contributed by atoms with van der Waals surface area (Å²) in [7, 11) is -2.97. The first kappa shape index (κ1) is 14.4. The van der Waals surface area contributed by atoms with Crippen molar-refractivity contribution in [2.45, 2.75) is 32.1 Å². The van der Waals surface area contributed by atoms with Gasteiger partial charge in [-0.1, -0.05) is 12.8 Å². The first-order valence-corrected chi connectivity index (χ1v) is 7.96. The molecule has 0 aromatic carbocycles. The minimum absolute atomic E-state index is 0.00332. The molecule has 1 aliphatic rings. The number of aliphatic hydroxyl groups is 1. The Morgan fingerprint density at radius 3 is 2.53 bits per heavy atom. The first-order chi connectivity index (χ1) is 8.05. The number of hydrogen-bond donors (Lipinski definition) is 2. The predicted octanol–water partition coefficient (Wildman–Crippen LogP) is 0.0900. The van der Waals surface area contributed by atoms with E-state index in [0.717, 1.165) is 25.7 Å². The number of unbranched alkanes of at least 4 members (excludes halogenated alkanes) is 3. The Morgan fingerprint density at radius 2 is 1.94 bits per heavy atom. The largest absolute Gasteiger partial charge is 0.396 e. The van der Waals surface area contributed by atoms with Crippen LogP contribution in [0.25, 0.3) is 0 Å². The Balaban J connectivity index is 2.10. The normalized spacial score (nSPS) is 22.5. The van der Waals surface area contributed by atoms with Crippen LogP contribution in [0.2, 0.25) is 0 Å². The molecule has 0 saturated carbocycles. The van der Waals surface area contributed by atoms with Gasteiger partial charge in [-0.15, -0.1) is 0 Å². The summed E-state index contributed by atoms with van der Waals surface area (Å²) < 4.78 is 22.4. The number of carbonyl (C=O) groups excluding carboxylic acids is 1. The third-order valence-corrected chi connectivity index (χ3v) is 4.76. The van der Waals surface area contributed by atoms with E-state index in [1.165, 1.54) is 0 Å².